The van der Waals surface area contributed by atoms with Gasteiger partial charge in [-0.3, -0.25) is 4.79 Å². The summed E-state index contributed by atoms with van der Waals surface area (Å²) in [5, 5.41) is 3.58. The number of nitrogens with zero attached hydrogens (tertiary/aromatic N) is 2. The van der Waals surface area contributed by atoms with Crippen molar-refractivity contribution in [3.63, 3.8) is 0 Å². The lowest BCUT2D eigenvalue weighted by molar-refractivity contribution is -0.113. The standard InChI is InChI=1S/C26H23N3OS/c1-18-13-14-19(2)22(15-18)27-25(30)17-31-26-28-23(20-9-5-3-6-10-20)16-24(29-26)21-11-7-4-8-12-21/h3-16H,17H2,1-2H3,(H,27,30). The Morgan fingerprint density at radius 2 is 1.39 bits per heavy atom. The van der Waals surface area contributed by atoms with Crippen LogP contribution in [-0.2, 0) is 4.79 Å². The Balaban J connectivity index is 1.57. The molecule has 1 N–H and O–H groups in total. The van der Waals surface area contributed by atoms with E-state index < -0.39 is 0 Å². The van der Waals surface area contributed by atoms with E-state index in [1.165, 1.54) is 11.8 Å². The molecule has 1 aromatic heterocycles. The lowest BCUT2D eigenvalue weighted by Crippen LogP contribution is -2.15. The van der Waals surface area contributed by atoms with E-state index in [4.69, 9.17) is 9.97 Å². The number of anilines is 1. The fourth-order valence-electron chi connectivity index (χ4n) is 3.19. The number of rotatable bonds is 6. The minimum absolute atomic E-state index is 0.0753. The number of amides is 1. The highest BCUT2D eigenvalue weighted by Gasteiger charge is 2.12. The van der Waals surface area contributed by atoms with Gasteiger partial charge in [0.25, 0.3) is 0 Å². The fraction of sp³-hybridized carbons (Fsp3) is 0.115. The van der Waals surface area contributed by atoms with Crippen LogP contribution in [0.4, 0.5) is 5.69 Å². The molecule has 0 spiro atoms. The molecule has 0 fully saturated rings. The van der Waals surface area contributed by atoms with E-state index in [0.717, 1.165) is 39.3 Å². The van der Waals surface area contributed by atoms with Crippen molar-refractivity contribution < 1.29 is 4.79 Å². The Kier molecular flexibility index (Phi) is 6.43. The van der Waals surface area contributed by atoms with E-state index in [0.29, 0.717) is 5.16 Å². The maximum absolute atomic E-state index is 12.6. The van der Waals surface area contributed by atoms with Gasteiger partial charge < -0.3 is 5.32 Å². The Morgan fingerprint density at radius 1 is 0.806 bits per heavy atom. The van der Waals surface area contributed by atoms with Gasteiger partial charge in [0.15, 0.2) is 5.16 Å². The van der Waals surface area contributed by atoms with Crippen molar-refractivity contribution in [1.82, 2.24) is 9.97 Å². The zero-order valence-corrected chi connectivity index (χ0v) is 18.3. The largest absolute Gasteiger partial charge is 0.325 e. The molecule has 1 amide bonds. The summed E-state index contributed by atoms with van der Waals surface area (Å²) in [5.41, 5.74) is 6.71. The van der Waals surface area contributed by atoms with Crippen LogP contribution >= 0.6 is 11.8 Å². The normalized spacial score (nSPS) is 10.6. The van der Waals surface area contributed by atoms with E-state index in [9.17, 15) is 4.79 Å². The summed E-state index contributed by atoms with van der Waals surface area (Å²) in [5.74, 6) is 0.161. The quantitative estimate of drug-likeness (QED) is 0.297. The number of hydrogen-bond acceptors (Lipinski definition) is 4. The van der Waals surface area contributed by atoms with Crippen LogP contribution in [-0.4, -0.2) is 21.6 Å². The SMILES string of the molecule is Cc1ccc(C)c(NC(=O)CSc2nc(-c3ccccc3)cc(-c3ccccc3)n2)c1. The molecule has 0 aliphatic rings. The van der Waals surface area contributed by atoms with Gasteiger partial charge in [-0.05, 0) is 37.1 Å². The van der Waals surface area contributed by atoms with E-state index >= 15 is 0 Å². The van der Waals surface area contributed by atoms with Crippen molar-refractivity contribution >= 4 is 23.4 Å². The number of carbonyl (C=O) groups is 1. The van der Waals surface area contributed by atoms with E-state index in [1.807, 2.05) is 98.8 Å². The molecule has 0 bridgehead atoms. The van der Waals surface area contributed by atoms with Crippen molar-refractivity contribution in [2.75, 3.05) is 11.1 Å². The third kappa shape index (κ3) is 5.38. The van der Waals surface area contributed by atoms with Crippen LogP contribution in [0.1, 0.15) is 11.1 Å². The second-order valence-electron chi connectivity index (χ2n) is 7.31. The molecule has 0 aliphatic heterocycles. The van der Waals surface area contributed by atoms with Crippen molar-refractivity contribution in [2.45, 2.75) is 19.0 Å². The summed E-state index contributed by atoms with van der Waals surface area (Å²) in [6.45, 7) is 4.00. The molecule has 3 aromatic carbocycles. The zero-order valence-electron chi connectivity index (χ0n) is 17.5. The minimum atomic E-state index is -0.0753. The first-order valence-electron chi connectivity index (χ1n) is 10.1. The molecule has 0 radical (unpaired) electrons. The minimum Gasteiger partial charge on any atom is -0.325 e. The predicted octanol–water partition coefficient (Wildman–Crippen LogP) is 6.16. The Bertz CT molecular complexity index is 1140. The fourth-order valence-corrected chi connectivity index (χ4v) is 3.85. The van der Waals surface area contributed by atoms with Crippen LogP contribution < -0.4 is 5.32 Å². The molecule has 4 rings (SSSR count). The van der Waals surface area contributed by atoms with Gasteiger partial charge in [0.2, 0.25) is 5.91 Å². The number of aryl methyl sites for hydroxylation is 2. The first-order valence-corrected chi connectivity index (χ1v) is 11.1. The van der Waals surface area contributed by atoms with E-state index in [1.54, 1.807) is 0 Å². The molecule has 0 saturated carbocycles. The van der Waals surface area contributed by atoms with Gasteiger partial charge in [0, 0.05) is 16.8 Å². The van der Waals surface area contributed by atoms with Gasteiger partial charge >= 0.3 is 0 Å². The molecule has 1 heterocycles. The summed E-state index contributed by atoms with van der Waals surface area (Å²) in [6.07, 6.45) is 0. The molecule has 0 atom stereocenters. The van der Waals surface area contributed by atoms with Crippen LogP contribution in [0.15, 0.2) is 90.1 Å². The number of aromatic nitrogens is 2. The summed E-state index contributed by atoms with van der Waals surface area (Å²) in [4.78, 5) is 22.0. The average molecular weight is 426 g/mol. The molecule has 5 heteroatoms. The summed E-state index contributed by atoms with van der Waals surface area (Å²) >= 11 is 1.34. The molecule has 154 valence electrons. The van der Waals surface area contributed by atoms with Crippen molar-refractivity contribution in [2.24, 2.45) is 0 Å². The zero-order chi connectivity index (χ0) is 21.6. The lowest BCUT2D eigenvalue weighted by Gasteiger charge is -2.10. The third-order valence-corrected chi connectivity index (χ3v) is 5.69. The second kappa shape index (κ2) is 9.58. The summed E-state index contributed by atoms with van der Waals surface area (Å²) in [7, 11) is 0. The van der Waals surface area contributed by atoms with Gasteiger partial charge in [0.05, 0.1) is 17.1 Å². The predicted molar refractivity (Wildman–Crippen MR) is 128 cm³/mol. The monoisotopic (exact) mass is 425 g/mol. The molecular formula is C26H23N3OS. The van der Waals surface area contributed by atoms with Crippen molar-refractivity contribution in [3.05, 3.63) is 96.1 Å². The number of carbonyl (C=O) groups excluding carboxylic acids is 1. The highest BCUT2D eigenvalue weighted by Crippen LogP contribution is 2.27. The van der Waals surface area contributed by atoms with Crippen LogP contribution in [0.3, 0.4) is 0 Å². The van der Waals surface area contributed by atoms with Crippen molar-refractivity contribution in [1.29, 1.82) is 0 Å². The number of nitrogens with one attached hydrogen (secondary N) is 1. The first-order chi connectivity index (χ1) is 15.1. The molecule has 0 unspecified atom stereocenters. The summed E-state index contributed by atoms with van der Waals surface area (Å²) in [6, 6.07) is 28.1. The molecule has 31 heavy (non-hydrogen) atoms. The van der Waals surface area contributed by atoms with Crippen LogP contribution in [0.5, 0.6) is 0 Å². The highest BCUT2D eigenvalue weighted by molar-refractivity contribution is 7.99. The van der Waals surface area contributed by atoms with Crippen LogP contribution in [0.25, 0.3) is 22.5 Å². The molecule has 4 aromatic rings. The number of hydrogen-bond donors (Lipinski definition) is 1. The van der Waals surface area contributed by atoms with Gasteiger partial charge in [-0.1, -0.05) is 84.6 Å². The smallest absolute Gasteiger partial charge is 0.234 e. The topological polar surface area (TPSA) is 54.9 Å². The summed E-state index contributed by atoms with van der Waals surface area (Å²) < 4.78 is 0. The molecule has 0 saturated heterocycles. The molecular weight excluding hydrogens is 402 g/mol. The van der Waals surface area contributed by atoms with Crippen LogP contribution in [0, 0.1) is 13.8 Å². The third-order valence-electron chi connectivity index (χ3n) is 4.84. The van der Waals surface area contributed by atoms with Crippen molar-refractivity contribution in [3.8, 4) is 22.5 Å². The number of benzene rings is 3. The molecule has 4 nitrogen and oxygen atoms in total. The second-order valence-corrected chi connectivity index (χ2v) is 8.25. The lowest BCUT2D eigenvalue weighted by atomic mass is 10.1. The maximum atomic E-state index is 12.6. The van der Waals surface area contributed by atoms with Crippen LogP contribution in [0.2, 0.25) is 0 Å². The average Bonchev–Trinajstić information content (AvgIpc) is 2.81. The van der Waals surface area contributed by atoms with Gasteiger partial charge in [-0.2, -0.15) is 0 Å². The van der Waals surface area contributed by atoms with E-state index in [-0.39, 0.29) is 11.7 Å². The van der Waals surface area contributed by atoms with E-state index in [2.05, 4.69) is 5.32 Å². The maximum Gasteiger partial charge on any atom is 0.234 e. The molecule has 0 aliphatic carbocycles. The highest BCUT2D eigenvalue weighted by atomic mass is 32.2. The van der Waals surface area contributed by atoms with Gasteiger partial charge in [-0.15, -0.1) is 0 Å². The van der Waals surface area contributed by atoms with Gasteiger partial charge in [-0.25, -0.2) is 9.97 Å². The first kappa shape index (κ1) is 20.8. The Hall–Kier alpha value is -3.44. The Morgan fingerprint density at radius 3 is 1.97 bits per heavy atom. The Labute approximate surface area is 186 Å². The number of thioether (sulfide) groups is 1. The van der Waals surface area contributed by atoms with Gasteiger partial charge in [0.1, 0.15) is 0 Å².